The molecule has 0 saturated carbocycles. The number of hydrogen-bond acceptors (Lipinski definition) is 1. The highest BCUT2D eigenvalue weighted by Gasteiger charge is 2.34. The summed E-state index contributed by atoms with van der Waals surface area (Å²) in [6, 6.07) is 0. The molecule has 0 bridgehead atoms. The molecule has 0 aliphatic rings. The minimum Gasteiger partial charge on any atom is -0.324 e. The molecule has 0 amide bonds. The molecule has 1 rings (SSSR count). The molecule has 62 valence electrons. The summed E-state index contributed by atoms with van der Waals surface area (Å²) in [4.78, 5) is 3.08. The maximum absolute atomic E-state index is 11.8. The van der Waals surface area contributed by atoms with E-state index < -0.39 is 11.9 Å². The lowest BCUT2D eigenvalue weighted by molar-refractivity contribution is -0.140. The third-order valence-corrected chi connectivity index (χ3v) is 1.46. The average molecular weight is 185 g/mol. The van der Waals surface area contributed by atoms with E-state index in [-0.39, 0.29) is 5.28 Å². The van der Waals surface area contributed by atoms with E-state index in [1.807, 2.05) is 0 Å². The first-order valence-electron chi connectivity index (χ1n) is 2.67. The Hall–Kier alpha value is -0.710. The van der Waals surface area contributed by atoms with Gasteiger partial charge in [0.25, 0.3) is 0 Å². The van der Waals surface area contributed by atoms with Crippen LogP contribution in [0.25, 0.3) is 0 Å². The maximum atomic E-state index is 11.8. The van der Waals surface area contributed by atoms with E-state index in [2.05, 4.69) is 4.98 Å². The number of rotatable bonds is 0. The predicted octanol–water partition coefficient (Wildman–Crippen LogP) is 2.09. The van der Waals surface area contributed by atoms with Crippen molar-refractivity contribution in [3.8, 4) is 0 Å². The highest BCUT2D eigenvalue weighted by molar-refractivity contribution is 6.28. The van der Waals surface area contributed by atoms with Gasteiger partial charge in [0.1, 0.15) is 0 Å². The van der Waals surface area contributed by atoms with Crippen molar-refractivity contribution in [2.75, 3.05) is 0 Å². The zero-order chi connectivity index (χ0) is 8.65. The van der Waals surface area contributed by atoms with Crippen molar-refractivity contribution in [2.45, 2.75) is 6.18 Å². The molecule has 0 aliphatic heterocycles. The Balaban J connectivity index is 3.08. The smallest absolute Gasteiger partial charge is 0.324 e. The Bertz CT molecular complexity index is 246. The molecule has 1 aromatic heterocycles. The molecule has 1 aromatic rings. The van der Waals surface area contributed by atoms with Crippen molar-refractivity contribution in [3.63, 3.8) is 0 Å². The third kappa shape index (κ3) is 1.65. The van der Waals surface area contributed by atoms with E-state index in [0.717, 1.165) is 10.8 Å². The summed E-state index contributed by atoms with van der Waals surface area (Å²) in [5.41, 5.74) is -0.968. The lowest BCUT2D eigenvalue weighted by Gasteiger charge is -1.98. The Morgan fingerprint density at radius 1 is 1.55 bits per heavy atom. The van der Waals surface area contributed by atoms with E-state index in [1.54, 1.807) is 0 Å². The van der Waals surface area contributed by atoms with Gasteiger partial charge in [0, 0.05) is 13.2 Å². The van der Waals surface area contributed by atoms with Crippen LogP contribution < -0.4 is 0 Å². The van der Waals surface area contributed by atoms with Crippen LogP contribution in [0.3, 0.4) is 0 Å². The second-order valence-corrected chi connectivity index (χ2v) is 2.34. The Morgan fingerprint density at radius 2 is 2.09 bits per heavy atom. The lowest BCUT2D eigenvalue weighted by atomic mass is 10.5. The standard InChI is InChI=1S/C5H4ClF3N2/c1-11-2-3(5(7,8)9)10-4(11)6/h2H,1H3. The SMILES string of the molecule is Cn1cc(C(F)(F)F)nc1Cl. The Morgan fingerprint density at radius 3 is 2.27 bits per heavy atom. The van der Waals surface area contributed by atoms with Crippen molar-refractivity contribution in [2.24, 2.45) is 7.05 Å². The Kier molecular flexibility index (Phi) is 1.83. The molecule has 0 radical (unpaired) electrons. The van der Waals surface area contributed by atoms with Gasteiger partial charge in [0.15, 0.2) is 5.69 Å². The van der Waals surface area contributed by atoms with Gasteiger partial charge < -0.3 is 4.57 Å². The lowest BCUT2D eigenvalue weighted by Crippen LogP contribution is -2.04. The fourth-order valence-electron chi connectivity index (χ4n) is 0.580. The molecule has 2 nitrogen and oxygen atoms in total. The summed E-state index contributed by atoms with van der Waals surface area (Å²) in [6.45, 7) is 0. The number of halogens is 4. The van der Waals surface area contributed by atoms with Crippen LogP contribution in [0, 0.1) is 0 Å². The molecule has 1 heterocycles. The van der Waals surface area contributed by atoms with Crippen molar-refractivity contribution >= 4 is 11.6 Å². The minimum absolute atomic E-state index is 0.169. The fourth-order valence-corrected chi connectivity index (χ4v) is 0.720. The van der Waals surface area contributed by atoms with Crippen molar-refractivity contribution in [3.05, 3.63) is 17.2 Å². The quantitative estimate of drug-likeness (QED) is 0.604. The summed E-state index contributed by atoms with van der Waals surface area (Å²) >= 11 is 5.29. The number of nitrogens with zero attached hydrogens (tertiary/aromatic N) is 2. The van der Waals surface area contributed by atoms with Gasteiger partial charge in [0.2, 0.25) is 5.28 Å². The van der Waals surface area contributed by atoms with E-state index >= 15 is 0 Å². The van der Waals surface area contributed by atoms with Crippen LogP contribution in [0.1, 0.15) is 5.69 Å². The normalized spacial score (nSPS) is 12.1. The second kappa shape index (κ2) is 2.41. The molecular weight excluding hydrogens is 181 g/mol. The molecule has 0 aromatic carbocycles. The first-order chi connectivity index (χ1) is 4.91. The fraction of sp³-hybridized carbons (Fsp3) is 0.400. The number of aromatic nitrogens is 2. The topological polar surface area (TPSA) is 17.8 Å². The van der Waals surface area contributed by atoms with E-state index in [4.69, 9.17) is 11.6 Å². The van der Waals surface area contributed by atoms with Gasteiger partial charge >= 0.3 is 6.18 Å². The van der Waals surface area contributed by atoms with E-state index in [0.29, 0.717) is 0 Å². The van der Waals surface area contributed by atoms with Gasteiger partial charge in [0.05, 0.1) is 0 Å². The van der Waals surface area contributed by atoms with Gasteiger partial charge in [-0.2, -0.15) is 13.2 Å². The van der Waals surface area contributed by atoms with Gasteiger partial charge in [-0.05, 0) is 11.6 Å². The summed E-state index contributed by atoms with van der Waals surface area (Å²) in [7, 11) is 1.39. The predicted molar refractivity (Wildman–Crippen MR) is 33.2 cm³/mol. The largest absolute Gasteiger partial charge is 0.434 e. The van der Waals surface area contributed by atoms with Crippen LogP contribution in [-0.2, 0) is 13.2 Å². The molecule has 11 heavy (non-hydrogen) atoms. The van der Waals surface area contributed by atoms with Crippen LogP contribution >= 0.6 is 11.6 Å². The maximum Gasteiger partial charge on any atom is 0.434 e. The molecule has 0 saturated heterocycles. The van der Waals surface area contributed by atoms with E-state index in [1.165, 1.54) is 7.05 Å². The van der Waals surface area contributed by atoms with Crippen LogP contribution in [0.15, 0.2) is 6.20 Å². The molecule has 0 atom stereocenters. The first-order valence-corrected chi connectivity index (χ1v) is 3.05. The van der Waals surface area contributed by atoms with Gasteiger partial charge in [-0.25, -0.2) is 4.98 Å². The molecule has 0 spiro atoms. The van der Waals surface area contributed by atoms with Crippen LogP contribution in [-0.4, -0.2) is 9.55 Å². The summed E-state index contributed by atoms with van der Waals surface area (Å²) < 4.78 is 36.6. The molecule has 0 aliphatic carbocycles. The molecule has 0 unspecified atom stereocenters. The van der Waals surface area contributed by atoms with Crippen LogP contribution in [0.2, 0.25) is 5.28 Å². The highest BCUT2D eigenvalue weighted by atomic mass is 35.5. The summed E-state index contributed by atoms with van der Waals surface area (Å²) in [5.74, 6) is 0. The summed E-state index contributed by atoms with van der Waals surface area (Å²) in [6.07, 6.45) is -3.58. The number of alkyl halides is 3. The van der Waals surface area contributed by atoms with Crippen molar-refractivity contribution in [1.82, 2.24) is 9.55 Å². The molecular formula is C5H4ClF3N2. The highest BCUT2D eigenvalue weighted by Crippen LogP contribution is 2.28. The molecule has 6 heteroatoms. The van der Waals surface area contributed by atoms with Crippen molar-refractivity contribution in [1.29, 1.82) is 0 Å². The monoisotopic (exact) mass is 184 g/mol. The number of aryl methyl sites for hydroxylation is 1. The second-order valence-electron chi connectivity index (χ2n) is 2.00. The van der Waals surface area contributed by atoms with Gasteiger partial charge in [-0.15, -0.1) is 0 Å². The van der Waals surface area contributed by atoms with Crippen LogP contribution in [0.5, 0.6) is 0 Å². The zero-order valence-corrected chi connectivity index (χ0v) is 6.24. The van der Waals surface area contributed by atoms with Gasteiger partial charge in [-0.3, -0.25) is 0 Å². The number of imidazole rings is 1. The van der Waals surface area contributed by atoms with Gasteiger partial charge in [-0.1, -0.05) is 0 Å². The van der Waals surface area contributed by atoms with E-state index in [9.17, 15) is 13.2 Å². The molecule has 0 fully saturated rings. The third-order valence-electron chi connectivity index (χ3n) is 1.11. The zero-order valence-electron chi connectivity index (χ0n) is 5.48. The minimum atomic E-state index is -4.41. The molecule has 0 N–H and O–H groups in total. The van der Waals surface area contributed by atoms with Crippen molar-refractivity contribution < 1.29 is 13.2 Å². The summed E-state index contributed by atoms with van der Waals surface area (Å²) in [5, 5.41) is -0.169. The number of hydrogen-bond donors (Lipinski definition) is 0. The Labute approximate surface area is 65.6 Å². The van der Waals surface area contributed by atoms with Crippen LogP contribution in [0.4, 0.5) is 13.2 Å². The first kappa shape index (κ1) is 8.39. The average Bonchev–Trinajstić information content (AvgIpc) is 2.11.